The summed E-state index contributed by atoms with van der Waals surface area (Å²) < 4.78 is 31.8. The molecule has 1 fully saturated rings. The molecule has 0 saturated carbocycles. The third-order valence-corrected chi connectivity index (χ3v) is 6.26. The summed E-state index contributed by atoms with van der Waals surface area (Å²) >= 11 is 1.78. The highest BCUT2D eigenvalue weighted by Crippen LogP contribution is 2.27. The lowest BCUT2D eigenvalue weighted by molar-refractivity contribution is 0.273. The van der Waals surface area contributed by atoms with E-state index in [-0.39, 0.29) is 11.5 Å². The number of nitrogens with zero attached hydrogens (tertiary/aromatic N) is 1. The van der Waals surface area contributed by atoms with Crippen LogP contribution in [0.2, 0.25) is 0 Å². The number of hydrogen-bond acceptors (Lipinski definition) is 5. The predicted octanol–water partition coefficient (Wildman–Crippen LogP) is 1.31. The van der Waals surface area contributed by atoms with Gasteiger partial charge in [0.2, 0.25) is 10.0 Å². The molecule has 1 aliphatic heterocycles. The number of rotatable bonds is 4. The number of methoxy groups -OCH3 is 1. The summed E-state index contributed by atoms with van der Waals surface area (Å²) in [6.07, 6.45) is 0. The van der Waals surface area contributed by atoms with Crippen LogP contribution in [0.3, 0.4) is 0 Å². The minimum Gasteiger partial charge on any atom is -0.496 e. The highest BCUT2D eigenvalue weighted by molar-refractivity contribution is 8.00. The molecule has 112 valence electrons. The molecule has 1 unspecified atom stereocenters. The first kappa shape index (κ1) is 15.6. The number of ether oxygens (including phenoxy) is 1. The van der Waals surface area contributed by atoms with E-state index in [0.717, 1.165) is 5.75 Å². The molecule has 0 aromatic heterocycles. The van der Waals surface area contributed by atoms with E-state index >= 15 is 0 Å². The molecule has 0 aliphatic carbocycles. The van der Waals surface area contributed by atoms with Gasteiger partial charge in [-0.05, 0) is 18.2 Å². The minimum atomic E-state index is -3.50. The van der Waals surface area contributed by atoms with Gasteiger partial charge in [0, 0.05) is 29.7 Å². The summed E-state index contributed by atoms with van der Waals surface area (Å²) in [6.45, 7) is 2.82. The van der Waals surface area contributed by atoms with Gasteiger partial charge < -0.3 is 9.84 Å². The predicted molar refractivity (Wildman–Crippen MR) is 79.6 cm³/mol. The van der Waals surface area contributed by atoms with Crippen molar-refractivity contribution in [1.29, 1.82) is 0 Å². The lowest BCUT2D eigenvalue weighted by Gasteiger charge is -2.29. The highest BCUT2D eigenvalue weighted by Gasteiger charge is 2.29. The van der Waals surface area contributed by atoms with Crippen molar-refractivity contribution < 1.29 is 18.3 Å². The molecule has 5 nitrogen and oxygen atoms in total. The molecule has 1 N–H and O–H groups in total. The summed E-state index contributed by atoms with van der Waals surface area (Å²) in [5, 5.41) is 9.60. The first-order chi connectivity index (χ1) is 9.48. The second kappa shape index (κ2) is 6.34. The maximum Gasteiger partial charge on any atom is 0.243 e. The monoisotopic (exact) mass is 317 g/mol. The van der Waals surface area contributed by atoms with Crippen molar-refractivity contribution >= 4 is 21.8 Å². The maximum absolute atomic E-state index is 12.6. The summed E-state index contributed by atoms with van der Waals surface area (Å²) in [7, 11) is -2.01. The Hall–Kier alpha value is -0.760. The maximum atomic E-state index is 12.6. The standard InChI is InChI=1S/C13H19NO4S2/c1-10-8-14(5-6-19-10)20(16,17)12-3-4-13(18-2)11(7-12)9-15/h3-4,7,10,15H,5-6,8-9H2,1-2H3. The van der Waals surface area contributed by atoms with E-state index in [1.54, 1.807) is 17.8 Å². The van der Waals surface area contributed by atoms with Crippen LogP contribution in [0, 0.1) is 0 Å². The van der Waals surface area contributed by atoms with Gasteiger partial charge in [-0.25, -0.2) is 8.42 Å². The zero-order valence-electron chi connectivity index (χ0n) is 11.6. The van der Waals surface area contributed by atoms with Gasteiger partial charge in [-0.2, -0.15) is 16.1 Å². The number of thioether (sulfide) groups is 1. The number of aliphatic hydroxyl groups excluding tert-OH is 1. The van der Waals surface area contributed by atoms with E-state index in [1.165, 1.54) is 23.5 Å². The van der Waals surface area contributed by atoms with Gasteiger partial charge in [0.05, 0.1) is 18.6 Å². The van der Waals surface area contributed by atoms with E-state index < -0.39 is 10.0 Å². The summed E-state index contributed by atoms with van der Waals surface area (Å²) in [4.78, 5) is 0.210. The molecule has 1 atom stereocenters. The molecule has 0 amide bonds. The Bertz CT molecular complexity index is 574. The molecule has 0 spiro atoms. The SMILES string of the molecule is COc1ccc(S(=O)(=O)N2CCSC(C)C2)cc1CO. The average Bonchev–Trinajstić information content (AvgIpc) is 2.46. The minimum absolute atomic E-state index is 0.210. The third-order valence-electron chi connectivity index (χ3n) is 3.26. The van der Waals surface area contributed by atoms with Crippen LogP contribution in [0.1, 0.15) is 12.5 Å². The fourth-order valence-corrected chi connectivity index (χ4v) is 5.00. The fraction of sp³-hybridized carbons (Fsp3) is 0.538. The average molecular weight is 317 g/mol. The van der Waals surface area contributed by atoms with Crippen molar-refractivity contribution in [3.8, 4) is 5.75 Å². The molecule has 1 saturated heterocycles. The van der Waals surface area contributed by atoms with Gasteiger partial charge in [0.1, 0.15) is 5.75 Å². The van der Waals surface area contributed by atoms with Crippen molar-refractivity contribution in [2.45, 2.75) is 23.7 Å². The van der Waals surface area contributed by atoms with Crippen molar-refractivity contribution in [1.82, 2.24) is 4.31 Å². The van der Waals surface area contributed by atoms with Crippen LogP contribution in [0.15, 0.2) is 23.1 Å². The van der Waals surface area contributed by atoms with Crippen LogP contribution in [0.4, 0.5) is 0 Å². The third kappa shape index (κ3) is 3.11. The molecule has 1 aromatic carbocycles. The Morgan fingerprint density at radius 3 is 2.85 bits per heavy atom. The topological polar surface area (TPSA) is 66.8 Å². The Balaban J connectivity index is 2.34. The number of benzene rings is 1. The molecule has 0 radical (unpaired) electrons. The lowest BCUT2D eigenvalue weighted by Crippen LogP contribution is -2.40. The molecular formula is C13H19NO4S2. The van der Waals surface area contributed by atoms with Crippen LogP contribution in [0.5, 0.6) is 5.75 Å². The van der Waals surface area contributed by atoms with Gasteiger partial charge in [-0.1, -0.05) is 6.92 Å². The molecule has 20 heavy (non-hydrogen) atoms. The smallest absolute Gasteiger partial charge is 0.243 e. The molecular weight excluding hydrogens is 298 g/mol. The van der Waals surface area contributed by atoms with Gasteiger partial charge in [-0.3, -0.25) is 0 Å². The van der Waals surface area contributed by atoms with Gasteiger partial charge >= 0.3 is 0 Å². The van der Waals surface area contributed by atoms with Gasteiger partial charge in [0.15, 0.2) is 0 Å². The zero-order valence-corrected chi connectivity index (χ0v) is 13.2. The van der Waals surface area contributed by atoms with Crippen molar-refractivity contribution in [2.24, 2.45) is 0 Å². The molecule has 2 rings (SSSR count). The van der Waals surface area contributed by atoms with E-state index in [9.17, 15) is 13.5 Å². The van der Waals surface area contributed by atoms with Gasteiger partial charge in [0.25, 0.3) is 0 Å². The second-order valence-electron chi connectivity index (χ2n) is 4.68. The fourth-order valence-electron chi connectivity index (χ4n) is 2.19. The van der Waals surface area contributed by atoms with Crippen LogP contribution in [0.25, 0.3) is 0 Å². The van der Waals surface area contributed by atoms with Crippen molar-refractivity contribution in [3.05, 3.63) is 23.8 Å². The normalized spacial score (nSPS) is 20.9. The zero-order chi connectivity index (χ0) is 14.8. The van der Waals surface area contributed by atoms with E-state index in [0.29, 0.717) is 29.7 Å². The quantitative estimate of drug-likeness (QED) is 0.907. The summed E-state index contributed by atoms with van der Waals surface area (Å²) in [6, 6.07) is 4.60. The second-order valence-corrected chi connectivity index (χ2v) is 8.16. The number of hydrogen-bond donors (Lipinski definition) is 1. The largest absolute Gasteiger partial charge is 0.496 e. The van der Waals surface area contributed by atoms with Crippen LogP contribution >= 0.6 is 11.8 Å². The Kier molecular flexibility index (Phi) is 4.95. The van der Waals surface area contributed by atoms with E-state index in [2.05, 4.69) is 0 Å². The molecule has 1 heterocycles. The van der Waals surface area contributed by atoms with E-state index in [1.807, 2.05) is 6.92 Å². The first-order valence-electron chi connectivity index (χ1n) is 6.38. The van der Waals surface area contributed by atoms with Crippen molar-refractivity contribution in [3.63, 3.8) is 0 Å². The van der Waals surface area contributed by atoms with Gasteiger partial charge in [-0.15, -0.1) is 0 Å². The van der Waals surface area contributed by atoms with E-state index in [4.69, 9.17) is 4.74 Å². The first-order valence-corrected chi connectivity index (χ1v) is 8.87. The Labute approximate surface area is 124 Å². The Morgan fingerprint density at radius 2 is 2.25 bits per heavy atom. The number of aliphatic hydroxyl groups is 1. The molecule has 1 aromatic rings. The van der Waals surface area contributed by atoms with Crippen LogP contribution < -0.4 is 4.74 Å². The number of sulfonamides is 1. The summed E-state index contributed by atoms with van der Waals surface area (Å²) in [5.41, 5.74) is 0.480. The lowest BCUT2D eigenvalue weighted by atomic mass is 10.2. The molecule has 0 bridgehead atoms. The molecule has 7 heteroatoms. The molecule has 1 aliphatic rings. The Morgan fingerprint density at radius 1 is 1.50 bits per heavy atom. The van der Waals surface area contributed by atoms with Crippen molar-refractivity contribution in [2.75, 3.05) is 26.0 Å². The highest BCUT2D eigenvalue weighted by atomic mass is 32.2. The summed E-state index contributed by atoms with van der Waals surface area (Å²) in [5.74, 6) is 1.30. The van der Waals surface area contributed by atoms with Crippen LogP contribution in [-0.2, 0) is 16.6 Å². The van der Waals surface area contributed by atoms with Crippen LogP contribution in [-0.4, -0.2) is 49.0 Å².